The van der Waals surface area contributed by atoms with Crippen LogP contribution < -0.4 is 0 Å². The molecule has 0 heterocycles. The van der Waals surface area contributed by atoms with Gasteiger partial charge in [-0.3, -0.25) is 37.3 Å². The van der Waals surface area contributed by atoms with E-state index < -0.39 is 97.5 Å². The lowest BCUT2D eigenvalue weighted by molar-refractivity contribution is -0.161. The number of esters is 4. The van der Waals surface area contributed by atoms with Crippen molar-refractivity contribution in [1.29, 1.82) is 0 Å². The van der Waals surface area contributed by atoms with Crippen LogP contribution in [0.3, 0.4) is 0 Å². The molecule has 0 saturated heterocycles. The Kier molecular flexibility index (Phi) is 58.0. The molecule has 17 nitrogen and oxygen atoms in total. The normalized spacial score (nSPS) is 14.5. The van der Waals surface area contributed by atoms with Crippen LogP contribution in [0.1, 0.15) is 337 Å². The second-order valence-electron chi connectivity index (χ2n) is 24.9. The molecule has 0 spiro atoms. The Balaban J connectivity index is 5.22. The molecule has 0 aliphatic carbocycles. The van der Waals surface area contributed by atoms with Gasteiger partial charge in [-0.15, -0.1) is 0 Å². The lowest BCUT2D eigenvalue weighted by Gasteiger charge is -2.21. The maximum atomic E-state index is 13.0. The second-order valence-corrected chi connectivity index (χ2v) is 27.8. The molecule has 86 heavy (non-hydrogen) atoms. The van der Waals surface area contributed by atoms with Crippen molar-refractivity contribution in [2.45, 2.75) is 355 Å². The summed E-state index contributed by atoms with van der Waals surface area (Å²) in [6, 6.07) is 0. The molecule has 0 bridgehead atoms. The zero-order valence-corrected chi connectivity index (χ0v) is 57.4. The number of hydrogen-bond donors (Lipinski definition) is 3. The van der Waals surface area contributed by atoms with Gasteiger partial charge in [0.25, 0.3) is 0 Å². The topological polar surface area (TPSA) is 237 Å². The number of rotatable bonds is 66. The molecule has 0 aliphatic heterocycles. The highest BCUT2D eigenvalue weighted by atomic mass is 31.2. The van der Waals surface area contributed by atoms with E-state index in [2.05, 4.69) is 41.5 Å². The van der Waals surface area contributed by atoms with Gasteiger partial charge < -0.3 is 33.8 Å². The summed E-state index contributed by atoms with van der Waals surface area (Å²) in [4.78, 5) is 72.3. The molecule has 0 aromatic rings. The van der Waals surface area contributed by atoms with Crippen LogP contribution in [-0.2, 0) is 65.4 Å². The number of phosphoric acid groups is 2. The van der Waals surface area contributed by atoms with Gasteiger partial charge in [0.2, 0.25) is 0 Å². The first-order valence-corrected chi connectivity index (χ1v) is 38.0. The summed E-state index contributed by atoms with van der Waals surface area (Å²) in [7, 11) is -9.89. The number of ether oxygens (including phenoxy) is 4. The lowest BCUT2D eigenvalue weighted by Crippen LogP contribution is -2.30. The summed E-state index contributed by atoms with van der Waals surface area (Å²) in [5.41, 5.74) is 0. The predicted octanol–water partition coefficient (Wildman–Crippen LogP) is 18.8. The molecule has 3 N–H and O–H groups in total. The molecule has 510 valence electrons. The van der Waals surface area contributed by atoms with E-state index in [1.165, 1.54) is 141 Å². The van der Waals surface area contributed by atoms with Crippen LogP contribution >= 0.6 is 15.6 Å². The second kappa shape index (κ2) is 59.4. The van der Waals surface area contributed by atoms with Crippen molar-refractivity contribution in [3.63, 3.8) is 0 Å². The average Bonchev–Trinajstić information content (AvgIpc) is 3.69. The summed E-state index contributed by atoms with van der Waals surface area (Å²) in [5.74, 6) is -0.619. The molecule has 0 rings (SSSR count). The monoisotopic (exact) mass is 1270 g/mol. The molecule has 0 aromatic heterocycles. The van der Waals surface area contributed by atoms with Crippen molar-refractivity contribution < 1.29 is 80.2 Å². The van der Waals surface area contributed by atoms with E-state index in [1.54, 1.807) is 0 Å². The molecule has 0 saturated carbocycles. The van der Waals surface area contributed by atoms with Crippen LogP contribution in [0.2, 0.25) is 0 Å². The fraction of sp³-hybridized carbons (Fsp3) is 0.940. The van der Waals surface area contributed by atoms with Gasteiger partial charge in [-0.2, -0.15) is 0 Å². The minimum absolute atomic E-state index is 0.104. The van der Waals surface area contributed by atoms with Crippen LogP contribution in [0.5, 0.6) is 0 Å². The standard InChI is InChI=1S/C67H130O17P2/c1-7-10-12-14-16-17-18-19-20-21-22-25-33-39-45-51-66(71)83-63(56-78-65(70)50-44-38-32-26-23-24-30-35-41-47-59(4)5)58-82-86(75,76)80-54-61(68)53-79-85(73,74)81-57-62(55-77-64(69)49-43-37-29-15-13-11-8-2)84-67(72)52-46-40-34-28-27-31-36-42-48-60(6)9-3/h59-63,68H,7-58H2,1-6H3,(H,73,74)(H,75,76)/t60?,61-,62+,63+/m0/s1. The fourth-order valence-corrected chi connectivity index (χ4v) is 11.6. The number of unbranched alkanes of at least 4 members (excludes halogenated alkanes) is 35. The van der Waals surface area contributed by atoms with Crippen LogP contribution in [0.15, 0.2) is 0 Å². The molecule has 0 fully saturated rings. The molecule has 0 amide bonds. The van der Waals surface area contributed by atoms with E-state index in [0.717, 1.165) is 115 Å². The quantitative estimate of drug-likeness (QED) is 0.0222. The number of hydrogen-bond acceptors (Lipinski definition) is 15. The highest BCUT2D eigenvalue weighted by Crippen LogP contribution is 2.45. The molecule has 0 radical (unpaired) electrons. The Morgan fingerprint density at radius 2 is 0.593 bits per heavy atom. The summed E-state index contributed by atoms with van der Waals surface area (Å²) in [5, 5.41) is 10.6. The van der Waals surface area contributed by atoms with E-state index in [9.17, 15) is 43.2 Å². The third kappa shape index (κ3) is 59.7. The smallest absolute Gasteiger partial charge is 0.462 e. The number of aliphatic hydroxyl groups is 1. The Hall–Kier alpha value is -1.94. The molecule has 0 aromatic carbocycles. The molecular weight excluding hydrogens is 1140 g/mol. The number of aliphatic hydroxyl groups excluding tert-OH is 1. The molecule has 6 atom stereocenters. The highest BCUT2D eigenvalue weighted by Gasteiger charge is 2.30. The van der Waals surface area contributed by atoms with E-state index >= 15 is 0 Å². The first-order chi connectivity index (χ1) is 41.4. The Morgan fingerprint density at radius 1 is 0.337 bits per heavy atom. The van der Waals surface area contributed by atoms with Crippen LogP contribution in [0, 0.1) is 11.8 Å². The Morgan fingerprint density at radius 3 is 0.884 bits per heavy atom. The summed E-state index contributed by atoms with van der Waals surface area (Å²) < 4.78 is 68.1. The van der Waals surface area contributed by atoms with E-state index in [0.29, 0.717) is 25.7 Å². The minimum atomic E-state index is -4.95. The van der Waals surface area contributed by atoms with Crippen molar-refractivity contribution in [3.8, 4) is 0 Å². The lowest BCUT2D eigenvalue weighted by atomic mass is 9.99. The highest BCUT2D eigenvalue weighted by molar-refractivity contribution is 7.47. The van der Waals surface area contributed by atoms with Crippen molar-refractivity contribution in [1.82, 2.24) is 0 Å². The Bertz CT molecular complexity index is 1690. The van der Waals surface area contributed by atoms with E-state index in [1.807, 2.05) is 0 Å². The van der Waals surface area contributed by atoms with Crippen LogP contribution in [-0.4, -0.2) is 96.7 Å². The summed E-state index contributed by atoms with van der Waals surface area (Å²) >= 11 is 0. The van der Waals surface area contributed by atoms with E-state index in [4.69, 9.17) is 37.0 Å². The first-order valence-electron chi connectivity index (χ1n) is 35.0. The maximum Gasteiger partial charge on any atom is 0.472 e. The van der Waals surface area contributed by atoms with Crippen molar-refractivity contribution >= 4 is 39.5 Å². The van der Waals surface area contributed by atoms with Gasteiger partial charge >= 0.3 is 39.5 Å². The van der Waals surface area contributed by atoms with Crippen molar-refractivity contribution in [2.24, 2.45) is 11.8 Å². The summed E-state index contributed by atoms with van der Waals surface area (Å²) in [6.07, 6.45) is 43.1. The molecule has 0 aliphatic rings. The van der Waals surface area contributed by atoms with Crippen LogP contribution in [0.4, 0.5) is 0 Å². The fourth-order valence-electron chi connectivity index (χ4n) is 10.0. The number of phosphoric ester groups is 2. The summed E-state index contributed by atoms with van der Waals surface area (Å²) in [6.45, 7) is 9.46. The maximum absolute atomic E-state index is 13.0. The SMILES string of the molecule is CCCCCCCCCCCCCCCCCC(=O)O[C@H](COC(=O)CCCCCCCCCCCC(C)C)COP(=O)(O)OC[C@@H](O)COP(=O)(O)OC[C@@H](COC(=O)CCCCCCCCC)OC(=O)CCCCCCCCCCC(C)CC. The van der Waals surface area contributed by atoms with Gasteiger partial charge in [-0.1, -0.05) is 286 Å². The van der Waals surface area contributed by atoms with Gasteiger partial charge in [0.05, 0.1) is 26.4 Å². The Labute approximate surface area is 524 Å². The zero-order valence-electron chi connectivity index (χ0n) is 55.6. The first kappa shape index (κ1) is 84.1. The van der Waals surface area contributed by atoms with Crippen molar-refractivity contribution in [2.75, 3.05) is 39.6 Å². The van der Waals surface area contributed by atoms with Gasteiger partial charge in [0.1, 0.15) is 19.3 Å². The largest absolute Gasteiger partial charge is 0.472 e. The third-order valence-electron chi connectivity index (χ3n) is 15.8. The van der Waals surface area contributed by atoms with E-state index in [-0.39, 0.29) is 25.7 Å². The minimum Gasteiger partial charge on any atom is -0.462 e. The van der Waals surface area contributed by atoms with Crippen molar-refractivity contribution in [3.05, 3.63) is 0 Å². The molecular formula is C67H130O17P2. The zero-order chi connectivity index (χ0) is 63.6. The average molecular weight is 1270 g/mol. The molecule has 3 unspecified atom stereocenters. The number of carbonyl (C=O) groups is 4. The third-order valence-corrected chi connectivity index (χ3v) is 17.7. The van der Waals surface area contributed by atoms with Gasteiger partial charge in [0.15, 0.2) is 12.2 Å². The van der Waals surface area contributed by atoms with Gasteiger partial charge in [-0.25, -0.2) is 9.13 Å². The predicted molar refractivity (Wildman–Crippen MR) is 345 cm³/mol. The number of carbonyl (C=O) groups excluding carboxylic acids is 4. The van der Waals surface area contributed by atoms with Gasteiger partial charge in [-0.05, 0) is 37.5 Å². The van der Waals surface area contributed by atoms with Gasteiger partial charge in [0, 0.05) is 25.7 Å². The van der Waals surface area contributed by atoms with Crippen LogP contribution in [0.25, 0.3) is 0 Å². The molecule has 19 heteroatoms.